The van der Waals surface area contributed by atoms with Crippen LogP contribution in [0, 0.1) is 5.41 Å². The molecule has 6 heteroatoms. The van der Waals surface area contributed by atoms with Crippen LogP contribution in [0.25, 0.3) is 11.1 Å². The molecule has 0 bridgehead atoms. The average molecular weight is 305 g/mol. The monoisotopic (exact) mass is 305 g/mol. The predicted molar refractivity (Wildman–Crippen MR) is 90.6 cm³/mol. The van der Waals surface area contributed by atoms with Crippen LogP contribution in [0.4, 0.5) is 10.8 Å². The highest BCUT2D eigenvalue weighted by Crippen LogP contribution is 2.36. The second-order valence-corrected chi connectivity index (χ2v) is 7.04. The molecule has 114 valence electrons. The molecule has 0 atom stereocenters. The highest BCUT2D eigenvalue weighted by atomic mass is 32.1. The minimum atomic E-state index is 0.164. The zero-order chi connectivity index (χ0) is 15.5. The summed E-state index contributed by atoms with van der Waals surface area (Å²) in [4.78, 5) is 6.25. The lowest BCUT2D eigenvalue weighted by Gasteiger charge is -2.28. The van der Waals surface area contributed by atoms with Crippen molar-refractivity contribution >= 4 is 22.4 Å². The standard InChI is InChI=1S/C15H23N5S/c1-15(2,10-20(3)4)9-18-14-12(13(16)19-21-14)11-5-7-17-8-6-11/h5-8,18H,9-10H2,1-4H3,(H2,16,19). The molecule has 2 aromatic rings. The number of nitrogens with zero attached hydrogens (tertiary/aromatic N) is 3. The van der Waals surface area contributed by atoms with Crippen LogP contribution in [-0.2, 0) is 0 Å². The van der Waals surface area contributed by atoms with Crippen LogP contribution in [0.3, 0.4) is 0 Å². The molecule has 0 saturated heterocycles. The van der Waals surface area contributed by atoms with Crippen LogP contribution in [-0.4, -0.2) is 41.4 Å². The summed E-state index contributed by atoms with van der Waals surface area (Å²) in [5.74, 6) is 0.569. The fraction of sp³-hybridized carbons (Fsp3) is 0.467. The largest absolute Gasteiger partial charge is 0.382 e. The third-order valence-corrected chi connectivity index (χ3v) is 3.98. The minimum absolute atomic E-state index is 0.164. The summed E-state index contributed by atoms with van der Waals surface area (Å²) in [6.07, 6.45) is 3.54. The van der Waals surface area contributed by atoms with E-state index in [0.29, 0.717) is 5.82 Å². The fourth-order valence-electron chi connectivity index (χ4n) is 2.45. The van der Waals surface area contributed by atoms with Gasteiger partial charge in [-0.2, -0.15) is 4.37 Å². The van der Waals surface area contributed by atoms with Crippen LogP contribution >= 0.6 is 11.5 Å². The maximum atomic E-state index is 6.02. The summed E-state index contributed by atoms with van der Waals surface area (Å²) in [6, 6.07) is 3.91. The van der Waals surface area contributed by atoms with Crippen molar-refractivity contribution in [2.45, 2.75) is 13.8 Å². The summed E-state index contributed by atoms with van der Waals surface area (Å²) in [5, 5.41) is 4.53. The number of nitrogen functional groups attached to an aromatic ring is 1. The Morgan fingerprint density at radius 2 is 1.95 bits per heavy atom. The van der Waals surface area contributed by atoms with Crippen molar-refractivity contribution in [3.8, 4) is 11.1 Å². The first-order chi connectivity index (χ1) is 9.89. The Bertz CT molecular complexity index is 577. The van der Waals surface area contributed by atoms with Gasteiger partial charge in [0.2, 0.25) is 0 Å². The van der Waals surface area contributed by atoms with Crippen molar-refractivity contribution in [2.24, 2.45) is 5.41 Å². The quantitative estimate of drug-likeness (QED) is 0.859. The SMILES string of the molecule is CN(C)CC(C)(C)CNc1snc(N)c1-c1ccncc1. The fourth-order valence-corrected chi connectivity index (χ4v) is 3.18. The van der Waals surface area contributed by atoms with Crippen LogP contribution in [0.15, 0.2) is 24.5 Å². The van der Waals surface area contributed by atoms with Crippen LogP contribution < -0.4 is 11.1 Å². The third kappa shape index (κ3) is 4.15. The van der Waals surface area contributed by atoms with Gasteiger partial charge in [-0.05, 0) is 48.7 Å². The van der Waals surface area contributed by atoms with E-state index in [1.165, 1.54) is 11.5 Å². The van der Waals surface area contributed by atoms with Crippen molar-refractivity contribution in [3.05, 3.63) is 24.5 Å². The number of hydrogen-bond acceptors (Lipinski definition) is 6. The lowest BCUT2D eigenvalue weighted by molar-refractivity contribution is 0.254. The minimum Gasteiger partial charge on any atom is -0.382 e. The Balaban J connectivity index is 2.16. The summed E-state index contributed by atoms with van der Waals surface area (Å²) < 4.78 is 4.28. The number of aromatic nitrogens is 2. The van der Waals surface area contributed by atoms with E-state index in [2.05, 4.69) is 47.5 Å². The van der Waals surface area contributed by atoms with Crippen LogP contribution in [0.5, 0.6) is 0 Å². The number of nitrogens with one attached hydrogen (secondary N) is 1. The molecule has 2 heterocycles. The van der Waals surface area contributed by atoms with Gasteiger partial charge in [0, 0.05) is 25.5 Å². The van der Waals surface area contributed by atoms with Gasteiger partial charge in [-0.15, -0.1) is 0 Å². The molecular formula is C15H23N5S. The van der Waals surface area contributed by atoms with Crippen molar-refractivity contribution in [3.63, 3.8) is 0 Å². The molecule has 0 aliphatic heterocycles. The maximum Gasteiger partial charge on any atom is 0.147 e. The number of anilines is 2. The molecule has 21 heavy (non-hydrogen) atoms. The Kier molecular flexibility index (Phi) is 4.80. The van der Waals surface area contributed by atoms with E-state index in [-0.39, 0.29) is 5.41 Å². The van der Waals surface area contributed by atoms with Crippen molar-refractivity contribution in [1.29, 1.82) is 0 Å². The van der Waals surface area contributed by atoms with Gasteiger partial charge in [0.15, 0.2) is 0 Å². The topological polar surface area (TPSA) is 67.1 Å². The summed E-state index contributed by atoms with van der Waals surface area (Å²) >= 11 is 1.41. The van der Waals surface area contributed by atoms with Gasteiger partial charge in [-0.1, -0.05) is 13.8 Å². The molecule has 0 spiro atoms. The first-order valence-corrected chi connectivity index (χ1v) is 7.70. The predicted octanol–water partition coefficient (Wildman–Crippen LogP) is 2.79. The van der Waals surface area contributed by atoms with E-state index < -0.39 is 0 Å². The van der Waals surface area contributed by atoms with E-state index in [1.54, 1.807) is 12.4 Å². The van der Waals surface area contributed by atoms with Gasteiger partial charge in [0.1, 0.15) is 10.8 Å². The second kappa shape index (κ2) is 6.41. The first kappa shape index (κ1) is 15.7. The average Bonchev–Trinajstić information content (AvgIpc) is 2.77. The zero-order valence-corrected chi connectivity index (χ0v) is 13.9. The highest BCUT2D eigenvalue weighted by molar-refractivity contribution is 7.11. The molecule has 2 aromatic heterocycles. The number of rotatable bonds is 6. The summed E-state index contributed by atoms with van der Waals surface area (Å²) in [5.41, 5.74) is 8.21. The molecule has 2 rings (SSSR count). The molecule has 0 unspecified atom stereocenters. The van der Waals surface area contributed by atoms with Crippen molar-refractivity contribution in [1.82, 2.24) is 14.3 Å². The van der Waals surface area contributed by atoms with E-state index >= 15 is 0 Å². The molecule has 0 fully saturated rings. The summed E-state index contributed by atoms with van der Waals surface area (Å²) in [6.45, 7) is 6.37. The third-order valence-electron chi connectivity index (χ3n) is 3.16. The second-order valence-electron chi connectivity index (χ2n) is 6.26. The maximum absolute atomic E-state index is 6.02. The van der Waals surface area contributed by atoms with E-state index in [1.807, 2.05) is 12.1 Å². The van der Waals surface area contributed by atoms with Gasteiger partial charge in [-0.25, -0.2) is 0 Å². The Labute approximate surface area is 130 Å². The molecule has 0 amide bonds. The lowest BCUT2D eigenvalue weighted by atomic mass is 9.93. The van der Waals surface area contributed by atoms with E-state index in [0.717, 1.165) is 29.2 Å². The Morgan fingerprint density at radius 1 is 1.29 bits per heavy atom. The molecule has 0 aliphatic rings. The van der Waals surface area contributed by atoms with Gasteiger partial charge < -0.3 is 16.0 Å². The van der Waals surface area contributed by atoms with Gasteiger partial charge in [-0.3, -0.25) is 4.98 Å². The number of nitrogens with two attached hydrogens (primary N) is 1. The number of hydrogen-bond donors (Lipinski definition) is 2. The lowest BCUT2D eigenvalue weighted by Crippen LogP contribution is -2.34. The normalized spacial score (nSPS) is 11.9. The molecule has 0 saturated carbocycles. The van der Waals surface area contributed by atoms with Crippen LogP contribution in [0.1, 0.15) is 13.8 Å². The van der Waals surface area contributed by atoms with Crippen LogP contribution in [0.2, 0.25) is 0 Å². The zero-order valence-electron chi connectivity index (χ0n) is 13.1. The molecule has 0 aromatic carbocycles. The molecule has 0 aliphatic carbocycles. The molecule has 0 radical (unpaired) electrons. The highest BCUT2D eigenvalue weighted by Gasteiger charge is 2.21. The van der Waals surface area contributed by atoms with Gasteiger partial charge in [0.25, 0.3) is 0 Å². The Morgan fingerprint density at radius 3 is 2.57 bits per heavy atom. The molecule has 5 nitrogen and oxygen atoms in total. The molecule has 3 N–H and O–H groups in total. The molecular weight excluding hydrogens is 282 g/mol. The van der Waals surface area contributed by atoms with E-state index in [4.69, 9.17) is 5.73 Å². The summed E-state index contributed by atoms with van der Waals surface area (Å²) in [7, 11) is 4.18. The smallest absolute Gasteiger partial charge is 0.147 e. The van der Waals surface area contributed by atoms with Crippen molar-refractivity contribution in [2.75, 3.05) is 38.2 Å². The first-order valence-electron chi connectivity index (χ1n) is 6.93. The van der Waals surface area contributed by atoms with Gasteiger partial charge in [0.05, 0.1) is 5.56 Å². The Hall–Kier alpha value is -1.66. The van der Waals surface area contributed by atoms with Gasteiger partial charge >= 0.3 is 0 Å². The van der Waals surface area contributed by atoms with Crippen molar-refractivity contribution < 1.29 is 0 Å². The number of pyridine rings is 1. The van der Waals surface area contributed by atoms with E-state index in [9.17, 15) is 0 Å².